The largest absolute Gasteiger partial charge is 0.490 e. The molecule has 152 valence electrons. The standard InChI is InChI=1S/C22H22INO3S2/c1-4-10-27-20-17(23)11-15(12-18(20)26-5-2)13-19-21(25)24(22(28)29-19)16-8-6-14(3)7-9-16/h6-9,11-13H,4-5,10H2,1-3H3/b19-13+. The van der Waals surface area contributed by atoms with Gasteiger partial charge in [-0.1, -0.05) is 48.6 Å². The van der Waals surface area contributed by atoms with Crippen LogP contribution in [0.15, 0.2) is 41.3 Å². The van der Waals surface area contributed by atoms with Gasteiger partial charge in [0.15, 0.2) is 15.8 Å². The fourth-order valence-electron chi connectivity index (χ4n) is 2.81. The zero-order valence-electron chi connectivity index (χ0n) is 16.5. The van der Waals surface area contributed by atoms with Crippen molar-refractivity contribution >= 4 is 68.6 Å². The number of halogens is 1. The Morgan fingerprint density at radius 3 is 2.55 bits per heavy atom. The third-order valence-electron chi connectivity index (χ3n) is 4.17. The smallest absolute Gasteiger partial charge is 0.270 e. The third kappa shape index (κ3) is 5.13. The van der Waals surface area contributed by atoms with Gasteiger partial charge < -0.3 is 9.47 Å². The molecule has 0 aliphatic carbocycles. The number of nitrogens with zero attached hydrogens (tertiary/aromatic N) is 1. The first kappa shape index (κ1) is 22.1. The number of benzene rings is 2. The summed E-state index contributed by atoms with van der Waals surface area (Å²) in [6.45, 7) is 7.19. The highest BCUT2D eigenvalue weighted by molar-refractivity contribution is 14.1. The zero-order chi connectivity index (χ0) is 21.0. The first-order valence-corrected chi connectivity index (χ1v) is 11.7. The Labute approximate surface area is 194 Å². The second-order valence-corrected chi connectivity index (χ2v) is 9.30. The maximum Gasteiger partial charge on any atom is 0.270 e. The number of anilines is 1. The van der Waals surface area contributed by atoms with Crippen molar-refractivity contribution < 1.29 is 14.3 Å². The van der Waals surface area contributed by atoms with Crippen molar-refractivity contribution in [2.75, 3.05) is 18.1 Å². The minimum Gasteiger partial charge on any atom is -0.490 e. The molecular formula is C22H22INO3S2. The summed E-state index contributed by atoms with van der Waals surface area (Å²) < 4.78 is 13.1. The van der Waals surface area contributed by atoms with Gasteiger partial charge >= 0.3 is 0 Å². The van der Waals surface area contributed by atoms with Gasteiger partial charge in [-0.15, -0.1) is 0 Å². The summed E-state index contributed by atoms with van der Waals surface area (Å²) >= 11 is 9.02. The molecule has 29 heavy (non-hydrogen) atoms. The molecule has 7 heteroatoms. The first-order chi connectivity index (χ1) is 13.9. The molecule has 0 radical (unpaired) electrons. The number of rotatable bonds is 7. The SMILES string of the molecule is CCCOc1c(I)cc(/C=C2/SC(=S)N(c3ccc(C)cc3)C2=O)cc1OCC. The fourth-order valence-corrected chi connectivity index (χ4v) is 4.89. The molecule has 1 aliphatic heterocycles. The van der Waals surface area contributed by atoms with E-state index in [0.717, 1.165) is 32.6 Å². The van der Waals surface area contributed by atoms with E-state index >= 15 is 0 Å². The summed E-state index contributed by atoms with van der Waals surface area (Å²) in [7, 11) is 0. The molecule has 0 unspecified atom stereocenters. The number of ether oxygens (including phenoxy) is 2. The number of carbonyl (C=O) groups is 1. The monoisotopic (exact) mass is 539 g/mol. The summed E-state index contributed by atoms with van der Waals surface area (Å²) in [5.74, 6) is 1.33. The van der Waals surface area contributed by atoms with E-state index in [1.54, 1.807) is 4.90 Å². The molecule has 3 rings (SSSR count). The van der Waals surface area contributed by atoms with Gasteiger partial charge in [-0.05, 0) is 78.8 Å². The van der Waals surface area contributed by atoms with Crippen molar-refractivity contribution in [1.29, 1.82) is 0 Å². The van der Waals surface area contributed by atoms with E-state index in [0.29, 0.717) is 28.2 Å². The van der Waals surface area contributed by atoms with E-state index in [1.807, 2.05) is 56.3 Å². The second-order valence-electron chi connectivity index (χ2n) is 6.46. The highest BCUT2D eigenvalue weighted by Crippen LogP contribution is 2.39. The van der Waals surface area contributed by atoms with Crippen molar-refractivity contribution in [3.05, 3.63) is 56.0 Å². The molecular weight excluding hydrogens is 517 g/mol. The molecule has 1 saturated heterocycles. The first-order valence-electron chi connectivity index (χ1n) is 9.38. The summed E-state index contributed by atoms with van der Waals surface area (Å²) in [4.78, 5) is 15.2. The van der Waals surface area contributed by atoms with Gasteiger partial charge in [-0.2, -0.15) is 0 Å². The van der Waals surface area contributed by atoms with Crippen LogP contribution in [0.2, 0.25) is 0 Å². The molecule has 0 N–H and O–H groups in total. The lowest BCUT2D eigenvalue weighted by molar-refractivity contribution is -0.113. The number of aryl methyl sites for hydroxylation is 1. The maximum atomic E-state index is 13.0. The minimum absolute atomic E-state index is 0.108. The van der Waals surface area contributed by atoms with Gasteiger partial charge in [0.1, 0.15) is 0 Å². The van der Waals surface area contributed by atoms with E-state index in [4.69, 9.17) is 21.7 Å². The predicted octanol–water partition coefficient (Wildman–Crippen LogP) is 6.19. The molecule has 1 aliphatic rings. The van der Waals surface area contributed by atoms with Crippen LogP contribution in [0.25, 0.3) is 6.08 Å². The van der Waals surface area contributed by atoms with Gasteiger partial charge in [0.2, 0.25) is 0 Å². The van der Waals surface area contributed by atoms with Gasteiger partial charge in [-0.3, -0.25) is 9.69 Å². The maximum absolute atomic E-state index is 13.0. The van der Waals surface area contributed by atoms with Crippen LogP contribution in [0.1, 0.15) is 31.4 Å². The molecule has 0 atom stereocenters. The van der Waals surface area contributed by atoms with Crippen LogP contribution in [0.5, 0.6) is 11.5 Å². The summed E-state index contributed by atoms with van der Waals surface area (Å²) in [5.41, 5.74) is 2.80. The van der Waals surface area contributed by atoms with E-state index in [1.165, 1.54) is 11.8 Å². The van der Waals surface area contributed by atoms with Gasteiger partial charge in [0.25, 0.3) is 5.91 Å². The van der Waals surface area contributed by atoms with Crippen LogP contribution >= 0.6 is 46.6 Å². The number of carbonyl (C=O) groups excluding carboxylic acids is 1. The lowest BCUT2D eigenvalue weighted by atomic mass is 10.1. The minimum atomic E-state index is -0.108. The second kappa shape index (κ2) is 9.95. The molecule has 0 spiro atoms. The average Bonchev–Trinajstić information content (AvgIpc) is 2.95. The van der Waals surface area contributed by atoms with Crippen molar-refractivity contribution in [1.82, 2.24) is 0 Å². The Bertz CT molecular complexity index is 957. The van der Waals surface area contributed by atoms with Crippen LogP contribution in [-0.4, -0.2) is 23.4 Å². The molecule has 1 heterocycles. The van der Waals surface area contributed by atoms with Crippen LogP contribution in [0, 0.1) is 10.5 Å². The van der Waals surface area contributed by atoms with Gasteiger partial charge in [0.05, 0.1) is 27.4 Å². The van der Waals surface area contributed by atoms with E-state index < -0.39 is 0 Å². The Balaban J connectivity index is 1.92. The molecule has 0 aromatic heterocycles. The van der Waals surface area contributed by atoms with Gasteiger partial charge in [0, 0.05) is 0 Å². The number of thioether (sulfide) groups is 1. The highest BCUT2D eigenvalue weighted by Gasteiger charge is 2.33. The summed E-state index contributed by atoms with van der Waals surface area (Å²) in [6, 6.07) is 11.7. The zero-order valence-corrected chi connectivity index (χ0v) is 20.3. The topological polar surface area (TPSA) is 38.8 Å². The number of thiocarbonyl (C=S) groups is 1. The van der Waals surface area contributed by atoms with Crippen LogP contribution < -0.4 is 14.4 Å². The third-order valence-corrected chi connectivity index (χ3v) is 6.27. The van der Waals surface area contributed by atoms with Crippen molar-refractivity contribution in [3.8, 4) is 11.5 Å². The molecule has 1 fully saturated rings. The highest BCUT2D eigenvalue weighted by atomic mass is 127. The van der Waals surface area contributed by atoms with Crippen LogP contribution in [-0.2, 0) is 4.79 Å². The number of hydrogen-bond acceptors (Lipinski definition) is 5. The number of hydrogen-bond donors (Lipinski definition) is 0. The number of amides is 1. The quantitative estimate of drug-likeness (QED) is 0.238. The fraction of sp³-hybridized carbons (Fsp3) is 0.273. The lowest BCUT2D eigenvalue weighted by Gasteiger charge is -2.15. The molecule has 2 aromatic carbocycles. The summed E-state index contributed by atoms with van der Waals surface area (Å²) in [6.07, 6.45) is 2.78. The Morgan fingerprint density at radius 1 is 1.17 bits per heavy atom. The molecule has 1 amide bonds. The lowest BCUT2D eigenvalue weighted by Crippen LogP contribution is -2.27. The molecule has 2 aromatic rings. The summed E-state index contributed by atoms with van der Waals surface area (Å²) in [5, 5.41) is 0. The molecule has 0 bridgehead atoms. The Kier molecular flexibility index (Phi) is 7.59. The molecule has 4 nitrogen and oxygen atoms in total. The molecule has 0 saturated carbocycles. The van der Waals surface area contributed by atoms with Crippen LogP contribution in [0.3, 0.4) is 0 Å². The van der Waals surface area contributed by atoms with Crippen molar-refractivity contribution in [2.45, 2.75) is 27.2 Å². The predicted molar refractivity (Wildman–Crippen MR) is 133 cm³/mol. The van der Waals surface area contributed by atoms with Crippen LogP contribution in [0.4, 0.5) is 5.69 Å². The normalized spacial score (nSPS) is 15.3. The van der Waals surface area contributed by atoms with Crippen molar-refractivity contribution in [3.63, 3.8) is 0 Å². The van der Waals surface area contributed by atoms with E-state index in [9.17, 15) is 4.79 Å². The average molecular weight is 539 g/mol. The van der Waals surface area contributed by atoms with Crippen molar-refractivity contribution in [2.24, 2.45) is 0 Å². The van der Waals surface area contributed by atoms with E-state index in [2.05, 4.69) is 29.5 Å². The Morgan fingerprint density at radius 2 is 1.90 bits per heavy atom. The van der Waals surface area contributed by atoms with Gasteiger partial charge in [-0.25, -0.2) is 0 Å². The Hall–Kier alpha value is -1.58. The van der Waals surface area contributed by atoms with E-state index in [-0.39, 0.29) is 5.91 Å².